The Balaban J connectivity index is 2.40. The van der Waals surface area contributed by atoms with Crippen molar-refractivity contribution >= 4 is 27.6 Å². The number of nitrogens with zero attached hydrogens (tertiary/aromatic N) is 1. The summed E-state index contributed by atoms with van der Waals surface area (Å²) in [6.45, 7) is 3.36. The molecule has 8 heteroatoms. The van der Waals surface area contributed by atoms with Crippen LogP contribution in [0.4, 0.5) is 5.69 Å². The molecule has 28 heavy (non-hydrogen) atoms. The average molecular weight is 404 g/mol. The molecule has 0 aliphatic heterocycles. The molecule has 2 aromatic carbocycles. The Morgan fingerprint density at radius 2 is 1.71 bits per heavy atom. The number of ether oxygens (including phenoxy) is 1. The van der Waals surface area contributed by atoms with Crippen LogP contribution >= 0.6 is 0 Å². The third-order valence-corrected chi connectivity index (χ3v) is 6.17. The Kier molecular flexibility index (Phi) is 6.80. The second kappa shape index (κ2) is 8.88. The van der Waals surface area contributed by atoms with Crippen molar-refractivity contribution in [2.75, 3.05) is 24.2 Å². The number of carbonyl (C=O) groups is 2. The van der Waals surface area contributed by atoms with Crippen molar-refractivity contribution in [3.8, 4) is 0 Å². The lowest BCUT2D eigenvalue weighted by Crippen LogP contribution is -2.30. The molecule has 2 aromatic rings. The van der Waals surface area contributed by atoms with Gasteiger partial charge in [-0.25, -0.2) is 13.2 Å². The summed E-state index contributed by atoms with van der Waals surface area (Å²) in [7, 11) is -0.960. The van der Waals surface area contributed by atoms with Crippen LogP contribution < -0.4 is 9.62 Å². The average Bonchev–Trinajstić information content (AvgIpc) is 2.72. The number of hydrogen-bond acceptors (Lipinski definition) is 5. The summed E-state index contributed by atoms with van der Waals surface area (Å²) in [5.41, 5.74) is 1.39. The van der Waals surface area contributed by atoms with Crippen LogP contribution in [0.3, 0.4) is 0 Å². The molecule has 1 amide bonds. The molecule has 0 aromatic heterocycles. The molecule has 0 fully saturated rings. The fourth-order valence-electron chi connectivity index (χ4n) is 2.62. The molecule has 1 atom stereocenters. The Morgan fingerprint density at radius 1 is 1.11 bits per heavy atom. The largest absolute Gasteiger partial charge is 0.465 e. The van der Waals surface area contributed by atoms with E-state index in [-0.39, 0.29) is 28.6 Å². The quantitative estimate of drug-likeness (QED) is 0.717. The van der Waals surface area contributed by atoms with Crippen LogP contribution in [0.5, 0.6) is 0 Å². The number of esters is 1. The highest BCUT2D eigenvalue weighted by Gasteiger charge is 2.21. The van der Waals surface area contributed by atoms with Crippen LogP contribution in [0.25, 0.3) is 0 Å². The van der Waals surface area contributed by atoms with Gasteiger partial charge < -0.3 is 10.1 Å². The first-order chi connectivity index (χ1) is 13.2. The van der Waals surface area contributed by atoms with Gasteiger partial charge in [0.1, 0.15) is 0 Å². The number of carbonyl (C=O) groups excluding carboxylic acids is 2. The molecule has 0 unspecified atom stereocenters. The van der Waals surface area contributed by atoms with Crippen molar-refractivity contribution in [3.63, 3.8) is 0 Å². The highest BCUT2D eigenvalue weighted by molar-refractivity contribution is 7.92. The SMILES string of the molecule is CCS(=O)(=O)N(C)c1cc(C(=O)N[C@H](C)c2ccccc2)cc(C(=O)OC)c1. The summed E-state index contributed by atoms with van der Waals surface area (Å²) in [5, 5.41) is 2.86. The number of sulfonamides is 1. The van der Waals surface area contributed by atoms with Crippen LogP contribution in [-0.4, -0.2) is 40.2 Å². The van der Waals surface area contributed by atoms with Crippen LogP contribution in [-0.2, 0) is 14.8 Å². The molecule has 1 N–H and O–H groups in total. The standard InChI is InChI=1S/C20H24N2O5S/c1-5-28(25,26)22(3)18-12-16(11-17(13-18)20(24)27-4)19(23)21-14(2)15-9-7-6-8-10-15/h6-14H,5H2,1-4H3,(H,21,23)/t14-/m1/s1. The molecule has 7 nitrogen and oxygen atoms in total. The Labute approximate surface area is 165 Å². The zero-order valence-electron chi connectivity index (χ0n) is 16.3. The molecule has 0 heterocycles. The van der Waals surface area contributed by atoms with E-state index in [1.807, 2.05) is 37.3 Å². The zero-order chi connectivity index (χ0) is 20.9. The summed E-state index contributed by atoms with van der Waals surface area (Å²) in [4.78, 5) is 24.8. The minimum atomic E-state index is -3.56. The fraction of sp³-hybridized carbons (Fsp3) is 0.300. The van der Waals surface area contributed by atoms with Crippen LogP contribution in [0.2, 0.25) is 0 Å². The minimum absolute atomic E-state index is 0.0932. The van der Waals surface area contributed by atoms with E-state index in [9.17, 15) is 18.0 Å². The van der Waals surface area contributed by atoms with Gasteiger partial charge in [-0.05, 0) is 37.6 Å². The lowest BCUT2D eigenvalue weighted by Gasteiger charge is -2.20. The highest BCUT2D eigenvalue weighted by Crippen LogP contribution is 2.22. The van der Waals surface area contributed by atoms with Gasteiger partial charge in [-0.2, -0.15) is 0 Å². The second-order valence-electron chi connectivity index (χ2n) is 6.23. The van der Waals surface area contributed by atoms with Crippen molar-refractivity contribution in [2.24, 2.45) is 0 Å². The molecule has 0 aliphatic carbocycles. The number of nitrogens with one attached hydrogen (secondary N) is 1. The lowest BCUT2D eigenvalue weighted by molar-refractivity contribution is 0.0600. The van der Waals surface area contributed by atoms with Gasteiger partial charge in [-0.3, -0.25) is 9.10 Å². The first-order valence-electron chi connectivity index (χ1n) is 8.75. The number of anilines is 1. The number of hydrogen-bond donors (Lipinski definition) is 1. The molecule has 0 spiro atoms. The topological polar surface area (TPSA) is 92.8 Å². The lowest BCUT2D eigenvalue weighted by atomic mass is 10.1. The monoisotopic (exact) mass is 404 g/mol. The second-order valence-corrected chi connectivity index (χ2v) is 8.52. The van der Waals surface area contributed by atoms with Crippen molar-refractivity contribution < 1.29 is 22.7 Å². The number of amides is 1. The van der Waals surface area contributed by atoms with Gasteiger partial charge in [-0.1, -0.05) is 30.3 Å². The molecule has 0 saturated heterocycles. The van der Waals surface area contributed by atoms with Gasteiger partial charge in [0.15, 0.2) is 0 Å². The van der Waals surface area contributed by atoms with E-state index in [1.165, 1.54) is 39.3 Å². The predicted molar refractivity (Wildman–Crippen MR) is 108 cm³/mol. The van der Waals surface area contributed by atoms with Gasteiger partial charge in [0, 0.05) is 12.6 Å². The molecule has 0 saturated carbocycles. The number of methoxy groups -OCH3 is 1. The minimum Gasteiger partial charge on any atom is -0.465 e. The van der Waals surface area contributed by atoms with Gasteiger partial charge in [0.2, 0.25) is 10.0 Å². The molecule has 0 radical (unpaired) electrons. The zero-order valence-corrected chi connectivity index (χ0v) is 17.1. The Hall–Kier alpha value is -2.87. The molecule has 0 bridgehead atoms. The van der Waals surface area contributed by atoms with E-state index in [1.54, 1.807) is 0 Å². The first-order valence-corrected chi connectivity index (χ1v) is 10.4. The molecule has 2 rings (SSSR count). The van der Waals surface area contributed by atoms with E-state index < -0.39 is 21.9 Å². The third-order valence-electron chi connectivity index (χ3n) is 4.39. The molecule has 150 valence electrons. The van der Waals surface area contributed by atoms with Gasteiger partial charge >= 0.3 is 5.97 Å². The Bertz CT molecular complexity index is 958. The number of rotatable bonds is 7. The molecular weight excluding hydrogens is 380 g/mol. The summed E-state index contributed by atoms with van der Waals surface area (Å²) in [5.74, 6) is -1.20. The van der Waals surface area contributed by atoms with Crippen molar-refractivity contribution in [1.29, 1.82) is 0 Å². The molecule has 0 aliphatic rings. The maximum Gasteiger partial charge on any atom is 0.337 e. The predicted octanol–water partition coefficient (Wildman–Crippen LogP) is 2.75. The maximum atomic E-state index is 12.8. The van der Waals surface area contributed by atoms with E-state index in [2.05, 4.69) is 5.32 Å². The number of benzene rings is 2. The summed E-state index contributed by atoms with van der Waals surface area (Å²) < 4.78 is 30.2. The molecular formula is C20H24N2O5S. The maximum absolute atomic E-state index is 12.8. The third kappa shape index (κ3) is 4.89. The van der Waals surface area contributed by atoms with E-state index >= 15 is 0 Å². The summed E-state index contributed by atoms with van der Waals surface area (Å²) >= 11 is 0. The smallest absolute Gasteiger partial charge is 0.337 e. The van der Waals surface area contributed by atoms with Crippen LogP contribution in [0.1, 0.15) is 46.2 Å². The van der Waals surface area contributed by atoms with Crippen molar-refractivity contribution in [1.82, 2.24) is 5.32 Å². The Morgan fingerprint density at radius 3 is 2.29 bits per heavy atom. The normalized spacial score (nSPS) is 12.1. The van der Waals surface area contributed by atoms with Gasteiger partial charge in [0.05, 0.1) is 30.2 Å². The van der Waals surface area contributed by atoms with Gasteiger partial charge in [0.25, 0.3) is 5.91 Å². The van der Waals surface area contributed by atoms with Gasteiger partial charge in [-0.15, -0.1) is 0 Å². The summed E-state index contributed by atoms with van der Waals surface area (Å²) in [6.07, 6.45) is 0. The van der Waals surface area contributed by atoms with E-state index in [0.29, 0.717) is 0 Å². The van der Waals surface area contributed by atoms with Crippen molar-refractivity contribution in [2.45, 2.75) is 19.9 Å². The van der Waals surface area contributed by atoms with E-state index in [4.69, 9.17) is 4.74 Å². The fourth-order valence-corrected chi connectivity index (χ4v) is 3.43. The highest BCUT2D eigenvalue weighted by atomic mass is 32.2. The van der Waals surface area contributed by atoms with E-state index in [0.717, 1.165) is 9.87 Å². The summed E-state index contributed by atoms with van der Waals surface area (Å²) in [6, 6.07) is 13.4. The van der Waals surface area contributed by atoms with Crippen LogP contribution in [0.15, 0.2) is 48.5 Å². The van der Waals surface area contributed by atoms with Crippen LogP contribution in [0, 0.1) is 0 Å². The van der Waals surface area contributed by atoms with Crippen molar-refractivity contribution in [3.05, 3.63) is 65.2 Å². The first kappa shape index (κ1) is 21.4.